The predicted molar refractivity (Wildman–Crippen MR) is 118 cm³/mol. The van der Waals surface area contributed by atoms with Crippen LogP contribution in [0.1, 0.15) is 92.8 Å². The van der Waals surface area contributed by atoms with E-state index in [2.05, 4.69) is 5.32 Å². The molecule has 0 saturated heterocycles. The number of amides is 1. The maximum Gasteiger partial charge on any atom is 0.339 e. The van der Waals surface area contributed by atoms with E-state index in [4.69, 9.17) is 16.3 Å². The van der Waals surface area contributed by atoms with Crippen LogP contribution in [0, 0.1) is 5.92 Å². The third kappa shape index (κ3) is 5.17. The zero-order valence-corrected chi connectivity index (χ0v) is 19.8. The van der Waals surface area contributed by atoms with Crippen LogP contribution in [0.2, 0.25) is 5.02 Å². The van der Waals surface area contributed by atoms with Gasteiger partial charge in [0, 0.05) is 24.2 Å². The van der Waals surface area contributed by atoms with Crippen LogP contribution in [0.5, 0.6) is 0 Å². The molecule has 1 aromatic rings. The molecule has 0 atom stereocenters. The summed E-state index contributed by atoms with van der Waals surface area (Å²) in [6, 6.07) is 0. The van der Waals surface area contributed by atoms with Crippen molar-refractivity contribution in [3.63, 3.8) is 0 Å². The molecule has 1 fully saturated rings. The molecule has 0 unspecified atom stereocenters. The molecule has 1 amide bonds. The van der Waals surface area contributed by atoms with Gasteiger partial charge in [0.15, 0.2) is 0 Å². The lowest BCUT2D eigenvalue weighted by atomic mass is 9.76. The maximum atomic E-state index is 12.9. The number of esters is 1. The number of aromatic nitrogens is 1. The maximum absolute atomic E-state index is 12.9. The first-order chi connectivity index (χ1) is 14.8. The number of carboxylic acid groups (broad SMARTS) is 1. The van der Waals surface area contributed by atoms with Gasteiger partial charge in [0.1, 0.15) is 11.3 Å². The van der Waals surface area contributed by atoms with Gasteiger partial charge in [-0.25, -0.2) is 4.79 Å². The molecule has 1 aliphatic carbocycles. The van der Waals surface area contributed by atoms with Crippen LogP contribution in [0.3, 0.4) is 0 Å². The largest absolute Gasteiger partial charge is 0.478 e. The highest BCUT2D eigenvalue weighted by Gasteiger charge is 2.38. The zero-order chi connectivity index (χ0) is 23.8. The van der Waals surface area contributed by atoms with Gasteiger partial charge in [0.2, 0.25) is 0 Å². The number of hydrogen-bond donors (Lipinski definition) is 2. The number of ketones is 1. The Kier molecular flexibility index (Phi) is 6.75. The fraction of sp³-hybridized carbons (Fsp3) is 0.652. The second-order valence-corrected chi connectivity index (χ2v) is 10.5. The normalized spacial score (nSPS) is 22.8. The van der Waals surface area contributed by atoms with Gasteiger partial charge in [-0.05, 0) is 72.1 Å². The molecule has 0 radical (unpaired) electrons. The molecule has 0 aromatic carbocycles. The quantitative estimate of drug-likeness (QED) is 0.374. The highest BCUT2D eigenvalue weighted by molar-refractivity contribution is 6.47. The van der Waals surface area contributed by atoms with Gasteiger partial charge in [-0.2, -0.15) is 0 Å². The zero-order valence-electron chi connectivity index (χ0n) is 19.0. The van der Waals surface area contributed by atoms with Gasteiger partial charge in [-0.1, -0.05) is 11.6 Å². The molecule has 2 N–H and O–H groups in total. The van der Waals surface area contributed by atoms with E-state index in [0.29, 0.717) is 44.3 Å². The van der Waals surface area contributed by atoms with Crippen LogP contribution in [-0.2, 0) is 27.3 Å². The van der Waals surface area contributed by atoms with Crippen LogP contribution >= 0.6 is 11.6 Å². The Morgan fingerprint density at radius 2 is 1.84 bits per heavy atom. The molecule has 176 valence electrons. The van der Waals surface area contributed by atoms with Crippen LogP contribution in [0.4, 0.5) is 0 Å². The molecule has 2 heterocycles. The summed E-state index contributed by atoms with van der Waals surface area (Å²) in [6.07, 6.45) is 4.26. The summed E-state index contributed by atoms with van der Waals surface area (Å²) in [4.78, 5) is 49.4. The third-order valence-electron chi connectivity index (χ3n) is 6.24. The van der Waals surface area contributed by atoms with Gasteiger partial charge in [-0.3, -0.25) is 14.4 Å². The van der Waals surface area contributed by atoms with Crippen molar-refractivity contribution in [3.8, 4) is 0 Å². The third-order valence-corrected chi connectivity index (χ3v) is 6.61. The summed E-state index contributed by atoms with van der Waals surface area (Å²) in [7, 11) is 0. The van der Waals surface area contributed by atoms with Crippen LogP contribution < -0.4 is 5.32 Å². The Hall–Kier alpha value is -2.35. The molecule has 32 heavy (non-hydrogen) atoms. The van der Waals surface area contributed by atoms with Crippen molar-refractivity contribution in [2.24, 2.45) is 5.92 Å². The molecule has 1 aliphatic heterocycles. The molecule has 1 aromatic heterocycles. The van der Waals surface area contributed by atoms with Crippen LogP contribution in [0.15, 0.2) is 0 Å². The minimum Gasteiger partial charge on any atom is -0.478 e. The van der Waals surface area contributed by atoms with Crippen molar-refractivity contribution in [1.29, 1.82) is 0 Å². The molecule has 3 rings (SSSR count). The van der Waals surface area contributed by atoms with Crippen LogP contribution in [-0.4, -0.2) is 44.4 Å². The van der Waals surface area contributed by atoms with E-state index in [9.17, 15) is 24.3 Å². The average molecular weight is 467 g/mol. The molecule has 0 spiro atoms. The monoisotopic (exact) mass is 466 g/mol. The van der Waals surface area contributed by atoms with Crippen molar-refractivity contribution >= 4 is 35.2 Å². The molecular weight excluding hydrogens is 436 g/mol. The van der Waals surface area contributed by atoms with Crippen molar-refractivity contribution in [3.05, 3.63) is 22.0 Å². The van der Waals surface area contributed by atoms with E-state index in [1.807, 2.05) is 27.7 Å². The molecule has 9 heteroatoms. The standard InChI is InChI=1S/C23H31ClN2O6/c1-22(2,3)32-15(27)12-13-7-9-23(4,10-8-13)25-20(29)19(28)18-17(24)16(21(30)31)14-6-5-11-26(14)18/h13H,5-12H2,1-4H3,(H,25,29)(H,30,31)/t13-,23+. The molecule has 1 saturated carbocycles. The van der Waals surface area contributed by atoms with Crippen molar-refractivity contribution in [2.45, 2.75) is 90.3 Å². The minimum absolute atomic E-state index is 0.0451. The first-order valence-corrected chi connectivity index (χ1v) is 11.4. The van der Waals surface area contributed by atoms with E-state index in [0.717, 1.165) is 12.8 Å². The SMILES string of the molecule is CC(C)(C)OC(=O)C[C@H]1CC[C@@](C)(NC(=O)C(=O)c2c(Cl)c(C(=O)O)c3n2CCC3)CC1. The van der Waals surface area contributed by atoms with Crippen LogP contribution in [0.25, 0.3) is 0 Å². The minimum atomic E-state index is -1.20. The number of carbonyl (C=O) groups is 4. The number of aromatic carboxylic acids is 1. The Balaban J connectivity index is 1.64. The number of carboxylic acids is 1. The second-order valence-electron chi connectivity index (χ2n) is 10.1. The fourth-order valence-electron chi connectivity index (χ4n) is 4.69. The lowest BCUT2D eigenvalue weighted by Gasteiger charge is -2.38. The Morgan fingerprint density at radius 1 is 1.22 bits per heavy atom. The van der Waals surface area contributed by atoms with Gasteiger partial charge in [0.25, 0.3) is 11.7 Å². The second kappa shape index (κ2) is 8.89. The van der Waals surface area contributed by atoms with Gasteiger partial charge < -0.3 is 19.7 Å². The van der Waals surface area contributed by atoms with Crippen molar-refractivity contribution in [2.75, 3.05) is 0 Å². The highest BCUT2D eigenvalue weighted by Crippen LogP contribution is 2.36. The number of ether oxygens (including phenoxy) is 1. The Bertz CT molecular complexity index is 951. The number of nitrogens with one attached hydrogen (secondary N) is 1. The number of Topliss-reactive ketones (excluding diaryl/α,β-unsaturated/α-hetero) is 1. The summed E-state index contributed by atoms with van der Waals surface area (Å²) in [5.74, 6) is -2.86. The lowest BCUT2D eigenvalue weighted by molar-refractivity contribution is -0.156. The first kappa shape index (κ1) is 24.3. The fourth-order valence-corrected chi connectivity index (χ4v) is 5.06. The average Bonchev–Trinajstić information content (AvgIpc) is 3.20. The molecule has 2 aliphatic rings. The number of nitrogens with zero attached hydrogens (tertiary/aromatic N) is 1. The van der Waals surface area contributed by atoms with Gasteiger partial charge in [0.05, 0.1) is 10.6 Å². The van der Waals surface area contributed by atoms with E-state index in [1.54, 1.807) is 4.57 Å². The van der Waals surface area contributed by atoms with Gasteiger partial charge >= 0.3 is 11.9 Å². The van der Waals surface area contributed by atoms with Crippen molar-refractivity contribution in [1.82, 2.24) is 9.88 Å². The summed E-state index contributed by atoms with van der Waals surface area (Å²) in [5.41, 5.74) is -0.743. The summed E-state index contributed by atoms with van der Waals surface area (Å²) < 4.78 is 6.96. The van der Waals surface area contributed by atoms with E-state index >= 15 is 0 Å². The number of rotatable bonds is 6. The number of fused-ring (bicyclic) bond motifs is 1. The Morgan fingerprint density at radius 3 is 2.41 bits per heavy atom. The summed E-state index contributed by atoms with van der Waals surface area (Å²) >= 11 is 6.23. The topological polar surface area (TPSA) is 115 Å². The van der Waals surface area contributed by atoms with E-state index < -0.39 is 28.8 Å². The molecule has 8 nitrogen and oxygen atoms in total. The van der Waals surface area contributed by atoms with Crippen molar-refractivity contribution < 1.29 is 29.0 Å². The number of halogens is 1. The number of carbonyl (C=O) groups excluding carboxylic acids is 3. The Labute approximate surface area is 192 Å². The molecular formula is C23H31ClN2O6. The predicted octanol–water partition coefficient (Wildman–Crippen LogP) is 3.77. The van der Waals surface area contributed by atoms with E-state index in [-0.39, 0.29) is 28.2 Å². The highest BCUT2D eigenvalue weighted by atomic mass is 35.5. The smallest absolute Gasteiger partial charge is 0.339 e. The summed E-state index contributed by atoms with van der Waals surface area (Å²) in [6.45, 7) is 7.85. The lowest BCUT2D eigenvalue weighted by Crippen LogP contribution is -2.51. The summed E-state index contributed by atoms with van der Waals surface area (Å²) in [5, 5.41) is 12.1. The van der Waals surface area contributed by atoms with E-state index in [1.165, 1.54) is 0 Å². The molecule has 0 bridgehead atoms. The first-order valence-electron chi connectivity index (χ1n) is 11.0. The van der Waals surface area contributed by atoms with Gasteiger partial charge in [-0.15, -0.1) is 0 Å². The number of hydrogen-bond acceptors (Lipinski definition) is 5.